The largest absolute Gasteiger partial charge is 0.357 e. The van der Waals surface area contributed by atoms with Crippen molar-refractivity contribution in [2.45, 2.75) is 38.1 Å². The van der Waals surface area contributed by atoms with E-state index in [2.05, 4.69) is 25.4 Å². The smallest absolute Gasteiger partial charge is 0.226 e. The van der Waals surface area contributed by atoms with E-state index in [-0.39, 0.29) is 0 Å². The molecule has 6 nitrogen and oxygen atoms in total. The highest BCUT2D eigenvalue weighted by Gasteiger charge is 2.36. The van der Waals surface area contributed by atoms with Gasteiger partial charge in [0.15, 0.2) is 5.65 Å². The third kappa shape index (κ3) is 1.74. The van der Waals surface area contributed by atoms with Gasteiger partial charge in [0.25, 0.3) is 0 Å². The Morgan fingerprint density at radius 1 is 1.25 bits per heavy atom. The monoisotopic (exact) mass is 272 g/mol. The molecule has 2 N–H and O–H groups in total. The molecular weight excluding hydrogens is 252 g/mol. The van der Waals surface area contributed by atoms with Crippen molar-refractivity contribution in [3.8, 4) is 0 Å². The van der Waals surface area contributed by atoms with E-state index in [1.807, 2.05) is 13.2 Å². The average Bonchev–Trinajstić information content (AvgIpc) is 3.14. The summed E-state index contributed by atoms with van der Waals surface area (Å²) in [5, 5.41) is 11.2. The summed E-state index contributed by atoms with van der Waals surface area (Å²) in [5.41, 5.74) is 0.819. The van der Waals surface area contributed by atoms with Gasteiger partial charge in [0.05, 0.1) is 11.6 Å². The van der Waals surface area contributed by atoms with Crippen molar-refractivity contribution >= 4 is 22.8 Å². The first-order chi connectivity index (χ1) is 9.86. The number of hydrogen-bond acceptors (Lipinski definition) is 5. The van der Waals surface area contributed by atoms with Crippen molar-refractivity contribution in [3.63, 3.8) is 0 Å². The molecule has 0 aromatic carbocycles. The van der Waals surface area contributed by atoms with Crippen LogP contribution >= 0.6 is 0 Å². The van der Waals surface area contributed by atoms with Crippen molar-refractivity contribution in [1.29, 1.82) is 0 Å². The van der Waals surface area contributed by atoms with E-state index in [9.17, 15) is 0 Å². The van der Waals surface area contributed by atoms with Gasteiger partial charge in [-0.05, 0) is 31.6 Å². The molecule has 2 aliphatic rings. The predicted octanol–water partition coefficient (Wildman–Crippen LogP) is 2.16. The molecule has 1 saturated heterocycles. The predicted molar refractivity (Wildman–Crippen MR) is 78.9 cm³/mol. The maximum atomic E-state index is 4.72. The van der Waals surface area contributed by atoms with Crippen LogP contribution in [0.4, 0.5) is 11.8 Å². The number of H-pyrrole nitrogens is 1. The van der Waals surface area contributed by atoms with Crippen LogP contribution in [0.5, 0.6) is 0 Å². The van der Waals surface area contributed by atoms with Crippen molar-refractivity contribution in [3.05, 3.63) is 6.20 Å². The van der Waals surface area contributed by atoms with Crippen molar-refractivity contribution in [2.75, 3.05) is 23.8 Å². The van der Waals surface area contributed by atoms with Crippen molar-refractivity contribution < 1.29 is 0 Å². The van der Waals surface area contributed by atoms with Gasteiger partial charge in [-0.25, -0.2) is 0 Å². The Morgan fingerprint density at radius 2 is 2.15 bits per heavy atom. The van der Waals surface area contributed by atoms with Crippen LogP contribution in [-0.2, 0) is 0 Å². The molecule has 2 unspecified atom stereocenters. The van der Waals surface area contributed by atoms with Crippen LogP contribution in [0.15, 0.2) is 6.20 Å². The van der Waals surface area contributed by atoms with E-state index in [1.54, 1.807) is 0 Å². The lowest BCUT2D eigenvalue weighted by Crippen LogP contribution is -2.43. The van der Waals surface area contributed by atoms with Crippen molar-refractivity contribution in [1.82, 2.24) is 20.2 Å². The topological polar surface area (TPSA) is 69.7 Å². The minimum absolute atomic E-state index is 0.654. The first-order valence-electron chi connectivity index (χ1n) is 7.52. The lowest BCUT2D eigenvalue weighted by atomic mass is 9.92. The van der Waals surface area contributed by atoms with Gasteiger partial charge in [-0.3, -0.25) is 5.10 Å². The first kappa shape index (κ1) is 11.9. The Balaban J connectivity index is 1.81. The number of anilines is 2. The average molecular weight is 272 g/mol. The number of hydrogen-bond donors (Lipinski definition) is 2. The second kappa shape index (κ2) is 4.61. The van der Waals surface area contributed by atoms with Crippen LogP contribution in [0.1, 0.15) is 32.1 Å². The van der Waals surface area contributed by atoms with E-state index < -0.39 is 0 Å². The number of aromatic amines is 1. The highest BCUT2D eigenvalue weighted by atomic mass is 15.3. The minimum Gasteiger partial charge on any atom is -0.357 e. The Morgan fingerprint density at radius 3 is 3.05 bits per heavy atom. The van der Waals surface area contributed by atoms with Gasteiger partial charge in [0.1, 0.15) is 5.82 Å². The molecule has 0 amide bonds. The van der Waals surface area contributed by atoms with Gasteiger partial charge >= 0.3 is 0 Å². The maximum Gasteiger partial charge on any atom is 0.226 e. The SMILES string of the molecule is CNc1nc(N2CCCC3CCCC32)c2cn[nH]c2n1. The Labute approximate surface area is 118 Å². The number of aromatic nitrogens is 4. The molecule has 4 rings (SSSR count). The van der Waals surface area contributed by atoms with Gasteiger partial charge in [-0.2, -0.15) is 15.1 Å². The van der Waals surface area contributed by atoms with Crippen LogP contribution in [0, 0.1) is 5.92 Å². The first-order valence-corrected chi connectivity index (χ1v) is 7.52. The molecule has 0 radical (unpaired) electrons. The summed E-state index contributed by atoms with van der Waals surface area (Å²) in [6, 6.07) is 0.654. The number of rotatable bonds is 2. The molecule has 0 bridgehead atoms. The summed E-state index contributed by atoms with van der Waals surface area (Å²) in [4.78, 5) is 11.6. The Hall–Kier alpha value is -1.85. The lowest BCUT2D eigenvalue weighted by Gasteiger charge is -2.38. The maximum absolute atomic E-state index is 4.72. The third-order valence-electron chi connectivity index (χ3n) is 4.78. The summed E-state index contributed by atoms with van der Waals surface area (Å²) in [6.07, 6.45) is 8.51. The molecule has 6 heteroatoms. The third-order valence-corrected chi connectivity index (χ3v) is 4.78. The molecule has 2 aromatic rings. The van der Waals surface area contributed by atoms with Gasteiger partial charge in [0.2, 0.25) is 5.95 Å². The zero-order valence-electron chi connectivity index (χ0n) is 11.8. The molecule has 2 aromatic heterocycles. The summed E-state index contributed by atoms with van der Waals surface area (Å²) in [5.74, 6) is 2.56. The Kier molecular flexibility index (Phi) is 2.75. The molecule has 1 aliphatic carbocycles. The second-order valence-electron chi connectivity index (χ2n) is 5.85. The molecule has 1 aliphatic heterocycles. The fourth-order valence-electron chi connectivity index (χ4n) is 3.87. The molecule has 1 saturated carbocycles. The van der Waals surface area contributed by atoms with Crippen LogP contribution in [0.3, 0.4) is 0 Å². The fraction of sp³-hybridized carbons (Fsp3) is 0.643. The van der Waals surface area contributed by atoms with E-state index in [0.29, 0.717) is 12.0 Å². The highest BCUT2D eigenvalue weighted by Crippen LogP contribution is 2.40. The molecule has 2 fully saturated rings. The van der Waals surface area contributed by atoms with Crippen LogP contribution in [-0.4, -0.2) is 39.8 Å². The number of nitrogens with zero attached hydrogens (tertiary/aromatic N) is 4. The van der Waals surface area contributed by atoms with Crippen LogP contribution in [0.25, 0.3) is 11.0 Å². The number of piperidine rings is 1. The summed E-state index contributed by atoms with van der Waals surface area (Å²) < 4.78 is 0. The summed E-state index contributed by atoms with van der Waals surface area (Å²) >= 11 is 0. The zero-order valence-corrected chi connectivity index (χ0v) is 11.8. The fourth-order valence-corrected chi connectivity index (χ4v) is 3.87. The second-order valence-corrected chi connectivity index (χ2v) is 5.85. The standard InChI is InChI=1S/C14H20N6/c1-15-14-17-12-10(8-16-19-12)13(18-14)20-7-3-5-9-4-2-6-11(9)20/h8-9,11H,2-7H2,1H3,(H2,15,16,17,18,19). The molecule has 20 heavy (non-hydrogen) atoms. The van der Waals surface area contributed by atoms with Gasteiger partial charge in [0, 0.05) is 19.6 Å². The van der Waals surface area contributed by atoms with E-state index in [1.165, 1.54) is 32.1 Å². The van der Waals surface area contributed by atoms with Crippen LogP contribution < -0.4 is 10.2 Å². The highest BCUT2D eigenvalue weighted by molar-refractivity contribution is 5.87. The Bertz CT molecular complexity index is 621. The van der Waals surface area contributed by atoms with Gasteiger partial charge < -0.3 is 10.2 Å². The molecular formula is C14H20N6. The number of fused-ring (bicyclic) bond motifs is 2. The lowest BCUT2D eigenvalue weighted by molar-refractivity contribution is 0.361. The normalized spacial score (nSPS) is 25.9. The molecule has 2 atom stereocenters. The zero-order chi connectivity index (χ0) is 13.5. The van der Waals surface area contributed by atoms with E-state index in [0.717, 1.165) is 29.3 Å². The van der Waals surface area contributed by atoms with Crippen LogP contribution in [0.2, 0.25) is 0 Å². The summed E-state index contributed by atoms with van der Waals surface area (Å²) in [6.45, 7) is 1.10. The molecule has 3 heterocycles. The minimum atomic E-state index is 0.654. The van der Waals surface area contributed by atoms with E-state index >= 15 is 0 Å². The quantitative estimate of drug-likeness (QED) is 0.876. The van der Waals surface area contributed by atoms with Crippen molar-refractivity contribution in [2.24, 2.45) is 5.92 Å². The summed E-state index contributed by atoms with van der Waals surface area (Å²) in [7, 11) is 1.86. The molecule has 106 valence electrons. The molecule has 0 spiro atoms. The number of nitrogens with one attached hydrogen (secondary N) is 2. The van der Waals surface area contributed by atoms with E-state index in [4.69, 9.17) is 4.98 Å². The van der Waals surface area contributed by atoms with Gasteiger partial charge in [-0.1, -0.05) is 6.42 Å². The van der Waals surface area contributed by atoms with Gasteiger partial charge in [-0.15, -0.1) is 0 Å².